The van der Waals surface area contributed by atoms with Crippen LogP contribution in [-0.4, -0.2) is 15.0 Å². The van der Waals surface area contributed by atoms with Gasteiger partial charge in [-0.3, -0.25) is 0 Å². The van der Waals surface area contributed by atoms with Crippen molar-refractivity contribution in [3.63, 3.8) is 0 Å². The van der Waals surface area contributed by atoms with Crippen LogP contribution in [0.3, 0.4) is 0 Å². The van der Waals surface area contributed by atoms with Crippen LogP contribution in [0.1, 0.15) is 0 Å². The summed E-state index contributed by atoms with van der Waals surface area (Å²) >= 11 is 0. The van der Waals surface area contributed by atoms with Gasteiger partial charge in [0, 0.05) is 16.7 Å². The molecule has 1 heterocycles. The molecule has 3 heteroatoms. The maximum absolute atomic E-state index is 4.91. The van der Waals surface area contributed by atoms with Crippen LogP contribution in [0.4, 0.5) is 0 Å². The SMILES string of the molecule is c1ccc(-c2nc(-c3ccccc3)nc(-c3ccc4ccc5c6ccccc6ccc5c4c3)n2)cc1. The van der Waals surface area contributed by atoms with Crippen molar-refractivity contribution in [3.05, 3.63) is 127 Å². The summed E-state index contributed by atoms with van der Waals surface area (Å²) in [5.41, 5.74) is 2.91. The molecule has 0 saturated carbocycles. The molecule has 0 aliphatic rings. The molecule has 0 unspecified atom stereocenters. The van der Waals surface area contributed by atoms with Gasteiger partial charge in [-0.2, -0.15) is 0 Å². The lowest BCUT2D eigenvalue weighted by molar-refractivity contribution is 1.07. The highest BCUT2D eigenvalue weighted by Gasteiger charge is 2.13. The predicted molar refractivity (Wildman–Crippen MR) is 149 cm³/mol. The van der Waals surface area contributed by atoms with Gasteiger partial charge >= 0.3 is 0 Å². The van der Waals surface area contributed by atoms with E-state index in [1.165, 1.54) is 32.3 Å². The first-order valence-electron chi connectivity index (χ1n) is 12.0. The molecule has 0 N–H and O–H groups in total. The summed E-state index contributed by atoms with van der Waals surface area (Å²) in [6, 6.07) is 44.0. The first kappa shape index (κ1) is 20.5. The molecule has 3 nitrogen and oxygen atoms in total. The predicted octanol–water partition coefficient (Wildman–Crippen LogP) is 8.33. The van der Waals surface area contributed by atoms with Crippen LogP contribution in [-0.2, 0) is 0 Å². The summed E-state index contributed by atoms with van der Waals surface area (Å²) in [5.74, 6) is 2.01. The second-order valence-corrected chi connectivity index (χ2v) is 8.92. The van der Waals surface area contributed by atoms with Crippen LogP contribution < -0.4 is 0 Å². The van der Waals surface area contributed by atoms with E-state index in [4.69, 9.17) is 15.0 Å². The monoisotopic (exact) mass is 459 g/mol. The summed E-state index contributed by atoms with van der Waals surface area (Å²) in [6.07, 6.45) is 0. The summed E-state index contributed by atoms with van der Waals surface area (Å²) in [5, 5.41) is 7.39. The van der Waals surface area contributed by atoms with Gasteiger partial charge in [-0.25, -0.2) is 15.0 Å². The number of rotatable bonds is 3. The highest BCUT2D eigenvalue weighted by Crippen LogP contribution is 2.34. The number of hydrogen-bond acceptors (Lipinski definition) is 3. The molecule has 0 bridgehead atoms. The number of hydrogen-bond donors (Lipinski definition) is 0. The molecule has 0 aliphatic heterocycles. The Hall–Kier alpha value is -4.89. The first-order valence-corrected chi connectivity index (χ1v) is 12.0. The third-order valence-electron chi connectivity index (χ3n) is 6.70. The quantitative estimate of drug-likeness (QED) is 0.249. The van der Waals surface area contributed by atoms with Gasteiger partial charge in [0.15, 0.2) is 17.5 Å². The molecule has 0 spiro atoms. The summed E-state index contributed by atoms with van der Waals surface area (Å²) < 4.78 is 0. The average molecular weight is 460 g/mol. The van der Waals surface area contributed by atoms with Crippen LogP contribution >= 0.6 is 0 Å². The Kier molecular flexibility index (Phi) is 4.78. The van der Waals surface area contributed by atoms with Crippen LogP contribution in [0.15, 0.2) is 127 Å². The van der Waals surface area contributed by atoms with E-state index in [-0.39, 0.29) is 0 Å². The summed E-state index contributed by atoms with van der Waals surface area (Å²) in [6.45, 7) is 0. The second-order valence-electron chi connectivity index (χ2n) is 8.92. The third-order valence-corrected chi connectivity index (χ3v) is 6.70. The van der Waals surface area contributed by atoms with E-state index in [0.717, 1.165) is 16.7 Å². The molecule has 1 aromatic heterocycles. The number of fused-ring (bicyclic) bond motifs is 5. The van der Waals surface area contributed by atoms with Crippen LogP contribution in [0.2, 0.25) is 0 Å². The van der Waals surface area contributed by atoms with Crippen molar-refractivity contribution in [2.24, 2.45) is 0 Å². The van der Waals surface area contributed by atoms with Gasteiger partial charge in [-0.05, 0) is 38.4 Å². The largest absolute Gasteiger partial charge is 0.208 e. The van der Waals surface area contributed by atoms with E-state index in [0.29, 0.717) is 17.5 Å². The first-order chi connectivity index (χ1) is 17.8. The number of nitrogens with zero attached hydrogens (tertiary/aromatic N) is 3. The lowest BCUT2D eigenvalue weighted by Gasteiger charge is -2.11. The zero-order valence-electron chi connectivity index (χ0n) is 19.5. The molecule has 0 atom stereocenters. The smallest absolute Gasteiger partial charge is 0.164 e. The Morgan fingerprint density at radius 1 is 0.306 bits per heavy atom. The van der Waals surface area contributed by atoms with Gasteiger partial charge < -0.3 is 0 Å². The van der Waals surface area contributed by atoms with E-state index in [1.54, 1.807) is 0 Å². The Balaban J connectivity index is 1.47. The summed E-state index contributed by atoms with van der Waals surface area (Å²) in [4.78, 5) is 14.7. The third kappa shape index (κ3) is 3.50. The van der Waals surface area contributed by atoms with Crippen molar-refractivity contribution in [2.75, 3.05) is 0 Å². The van der Waals surface area contributed by atoms with Crippen LogP contribution in [0, 0.1) is 0 Å². The van der Waals surface area contributed by atoms with Crippen molar-refractivity contribution in [2.45, 2.75) is 0 Å². The van der Waals surface area contributed by atoms with Crippen LogP contribution in [0.25, 0.3) is 66.5 Å². The lowest BCUT2D eigenvalue weighted by Crippen LogP contribution is -2.00. The van der Waals surface area contributed by atoms with Crippen LogP contribution in [0.5, 0.6) is 0 Å². The van der Waals surface area contributed by atoms with Crippen molar-refractivity contribution in [1.29, 1.82) is 0 Å². The maximum Gasteiger partial charge on any atom is 0.164 e. The maximum atomic E-state index is 4.91. The molecule has 7 rings (SSSR count). The molecule has 168 valence electrons. The van der Waals surface area contributed by atoms with E-state index < -0.39 is 0 Å². The zero-order valence-corrected chi connectivity index (χ0v) is 19.5. The van der Waals surface area contributed by atoms with Gasteiger partial charge in [-0.15, -0.1) is 0 Å². The minimum Gasteiger partial charge on any atom is -0.208 e. The molecule has 0 fully saturated rings. The minimum absolute atomic E-state index is 0.669. The summed E-state index contributed by atoms with van der Waals surface area (Å²) in [7, 11) is 0. The van der Waals surface area contributed by atoms with Crippen molar-refractivity contribution in [1.82, 2.24) is 15.0 Å². The van der Waals surface area contributed by atoms with E-state index >= 15 is 0 Å². The van der Waals surface area contributed by atoms with Crippen molar-refractivity contribution in [3.8, 4) is 34.2 Å². The zero-order chi connectivity index (χ0) is 23.9. The Labute approximate surface area is 208 Å². The van der Waals surface area contributed by atoms with Gasteiger partial charge in [0.2, 0.25) is 0 Å². The van der Waals surface area contributed by atoms with E-state index in [2.05, 4.69) is 66.7 Å². The standard InChI is InChI=1S/C33H21N3/c1-3-10-24(11-4-1)31-34-32(25-12-5-2-6-13-25)36-33(35-31)26-16-15-23-18-19-28-27-14-8-7-9-22(27)17-20-29(28)30(23)21-26/h1-21H. The van der Waals surface area contributed by atoms with Gasteiger partial charge in [0.05, 0.1) is 0 Å². The molecule has 0 aliphatic carbocycles. The van der Waals surface area contributed by atoms with Gasteiger partial charge in [-0.1, -0.05) is 121 Å². The van der Waals surface area contributed by atoms with Gasteiger partial charge in [0.25, 0.3) is 0 Å². The lowest BCUT2D eigenvalue weighted by atomic mass is 9.96. The molecular formula is C33H21N3. The fourth-order valence-corrected chi connectivity index (χ4v) is 4.89. The molecule has 6 aromatic carbocycles. The highest BCUT2D eigenvalue weighted by molar-refractivity contribution is 6.17. The Morgan fingerprint density at radius 2 is 0.778 bits per heavy atom. The average Bonchev–Trinajstić information content (AvgIpc) is 2.97. The fraction of sp³-hybridized carbons (Fsp3) is 0. The Bertz CT molecular complexity index is 1820. The van der Waals surface area contributed by atoms with Gasteiger partial charge in [0.1, 0.15) is 0 Å². The topological polar surface area (TPSA) is 38.7 Å². The van der Waals surface area contributed by atoms with Crippen molar-refractivity contribution < 1.29 is 0 Å². The van der Waals surface area contributed by atoms with Crippen molar-refractivity contribution >= 4 is 32.3 Å². The molecule has 7 aromatic rings. The van der Waals surface area contributed by atoms with E-state index in [9.17, 15) is 0 Å². The second kappa shape index (κ2) is 8.40. The minimum atomic E-state index is 0.669. The number of aromatic nitrogens is 3. The fourth-order valence-electron chi connectivity index (χ4n) is 4.89. The highest BCUT2D eigenvalue weighted by atomic mass is 15.0. The molecule has 36 heavy (non-hydrogen) atoms. The number of benzene rings is 6. The van der Waals surface area contributed by atoms with E-state index in [1.807, 2.05) is 60.7 Å². The molecule has 0 radical (unpaired) electrons. The molecule has 0 saturated heterocycles. The molecule has 0 amide bonds. The Morgan fingerprint density at radius 3 is 1.42 bits per heavy atom. The molecular weight excluding hydrogens is 438 g/mol. The normalized spacial score (nSPS) is 11.3.